The van der Waals surface area contributed by atoms with E-state index in [0.29, 0.717) is 31.6 Å². The van der Waals surface area contributed by atoms with E-state index in [2.05, 4.69) is 4.90 Å². The largest absolute Gasteiger partial charge is 0.378 e. The minimum Gasteiger partial charge on any atom is -0.378 e. The lowest BCUT2D eigenvalue weighted by Gasteiger charge is -2.23. The highest BCUT2D eigenvalue weighted by atomic mass is 35.5. The molecule has 1 rings (SSSR count). The van der Waals surface area contributed by atoms with E-state index in [-0.39, 0.29) is 6.29 Å². The molecule has 4 nitrogen and oxygen atoms in total. The highest BCUT2D eigenvalue weighted by molar-refractivity contribution is 6.18. The van der Waals surface area contributed by atoms with Crippen LogP contribution in [-0.4, -0.2) is 69.0 Å². The van der Waals surface area contributed by atoms with E-state index in [4.69, 9.17) is 37.4 Å². The summed E-state index contributed by atoms with van der Waals surface area (Å²) in [5.74, 6) is 1.25. The van der Waals surface area contributed by atoms with E-state index < -0.39 is 0 Å². The highest BCUT2D eigenvalue weighted by Gasteiger charge is 2.13. The maximum atomic E-state index is 5.72. The zero-order chi connectivity index (χ0) is 13.8. The first-order chi connectivity index (χ1) is 9.36. The van der Waals surface area contributed by atoms with Gasteiger partial charge in [-0.15, -0.1) is 23.2 Å². The molecule has 114 valence electrons. The Labute approximate surface area is 126 Å². The van der Waals surface area contributed by atoms with Crippen LogP contribution in [-0.2, 0) is 14.2 Å². The number of ether oxygens (including phenoxy) is 3. The molecule has 0 amide bonds. The second-order valence-electron chi connectivity index (χ2n) is 4.50. The third kappa shape index (κ3) is 9.05. The maximum absolute atomic E-state index is 5.72. The molecular formula is C13H25Cl2NO3. The molecule has 0 aromatic rings. The lowest BCUT2D eigenvalue weighted by molar-refractivity contribution is -0.169. The predicted molar refractivity (Wildman–Crippen MR) is 78.2 cm³/mol. The Kier molecular flexibility index (Phi) is 11.2. The molecule has 0 radical (unpaired) electrons. The van der Waals surface area contributed by atoms with E-state index in [1.54, 1.807) is 0 Å². The Morgan fingerprint density at radius 1 is 1.00 bits per heavy atom. The van der Waals surface area contributed by atoms with Gasteiger partial charge in [0.05, 0.1) is 19.8 Å². The topological polar surface area (TPSA) is 30.9 Å². The fourth-order valence-electron chi connectivity index (χ4n) is 1.95. The van der Waals surface area contributed by atoms with Gasteiger partial charge in [-0.05, 0) is 19.3 Å². The molecule has 1 aliphatic heterocycles. The molecule has 1 aliphatic rings. The molecule has 6 heteroatoms. The summed E-state index contributed by atoms with van der Waals surface area (Å²) in [6, 6.07) is 0. The number of halogens is 2. The zero-order valence-electron chi connectivity index (χ0n) is 11.5. The molecule has 0 N–H and O–H groups in total. The summed E-state index contributed by atoms with van der Waals surface area (Å²) >= 11 is 11.4. The lowest BCUT2D eigenvalue weighted by Crippen LogP contribution is -2.31. The fourth-order valence-corrected chi connectivity index (χ4v) is 2.43. The Bertz CT molecular complexity index is 198. The van der Waals surface area contributed by atoms with Crippen molar-refractivity contribution in [1.82, 2.24) is 4.90 Å². The van der Waals surface area contributed by atoms with Gasteiger partial charge in [-0.1, -0.05) is 0 Å². The van der Waals surface area contributed by atoms with Crippen molar-refractivity contribution in [3.63, 3.8) is 0 Å². The van der Waals surface area contributed by atoms with Crippen molar-refractivity contribution in [3.8, 4) is 0 Å². The molecule has 0 aromatic heterocycles. The molecule has 0 spiro atoms. The first-order valence-corrected chi connectivity index (χ1v) is 8.09. The maximum Gasteiger partial charge on any atom is 0.157 e. The van der Waals surface area contributed by atoms with Crippen LogP contribution >= 0.6 is 23.2 Å². The predicted octanol–water partition coefficient (Wildman–Crippen LogP) is 2.33. The van der Waals surface area contributed by atoms with Crippen molar-refractivity contribution < 1.29 is 14.2 Å². The van der Waals surface area contributed by atoms with Gasteiger partial charge >= 0.3 is 0 Å². The van der Waals surface area contributed by atoms with Crippen molar-refractivity contribution in [2.75, 3.05) is 57.8 Å². The van der Waals surface area contributed by atoms with Gasteiger partial charge in [-0.25, -0.2) is 0 Å². The molecule has 0 unspecified atom stereocenters. The van der Waals surface area contributed by atoms with E-state index in [1.165, 1.54) is 6.42 Å². The average Bonchev–Trinajstić information content (AvgIpc) is 2.44. The SMILES string of the molecule is ClCCN(CCCl)CCOCCO[C@H]1CCCCO1. The van der Waals surface area contributed by atoms with Gasteiger partial charge in [0.15, 0.2) is 6.29 Å². The molecule has 1 saturated heterocycles. The minimum atomic E-state index is -0.0265. The molecule has 0 saturated carbocycles. The number of hydrogen-bond donors (Lipinski definition) is 0. The molecule has 0 aromatic carbocycles. The van der Waals surface area contributed by atoms with Crippen molar-refractivity contribution in [2.24, 2.45) is 0 Å². The highest BCUT2D eigenvalue weighted by Crippen LogP contribution is 2.13. The van der Waals surface area contributed by atoms with Gasteiger partial charge in [-0.3, -0.25) is 4.90 Å². The Morgan fingerprint density at radius 3 is 2.42 bits per heavy atom. The lowest BCUT2D eigenvalue weighted by atomic mass is 10.2. The Hall–Kier alpha value is 0.420. The second-order valence-corrected chi connectivity index (χ2v) is 5.25. The van der Waals surface area contributed by atoms with Gasteiger partial charge in [0.25, 0.3) is 0 Å². The summed E-state index contributed by atoms with van der Waals surface area (Å²) in [6.45, 7) is 5.26. The molecular weight excluding hydrogens is 289 g/mol. The minimum absolute atomic E-state index is 0.0265. The number of rotatable bonds is 11. The number of alkyl halides is 2. The first kappa shape index (κ1) is 17.5. The third-order valence-electron chi connectivity index (χ3n) is 3.02. The van der Waals surface area contributed by atoms with Crippen LogP contribution in [0.1, 0.15) is 19.3 Å². The van der Waals surface area contributed by atoms with Crippen molar-refractivity contribution in [2.45, 2.75) is 25.6 Å². The van der Waals surface area contributed by atoms with Crippen LogP contribution in [0, 0.1) is 0 Å². The van der Waals surface area contributed by atoms with E-state index in [1.807, 2.05) is 0 Å². The first-order valence-electron chi connectivity index (χ1n) is 7.02. The van der Waals surface area contributed by atoms with Crippen LogP contribution < -0.4 is 0 Å². The standard InChI is InChI=1S/C13H25Cl2NO3/c14-4-6-16(7-5-15)8-10-17-11-12-19-13-3-1-2-9-18-13/h13H,1-12H2/t13-/m0/s1. The van der Waals surface area contributed by atoms with Crippen molar-refractivity contribution >= 4 is 23.2 Å². The van der Waals surface area contributed by atoms with Gasteiger partial charge in [0.2, 0.25) is 0 Å². The van der Waals surface area contributed by atoms with E-state index >= 15 is 0 Å². The van der Waals surface area contributed by atoms with Crippen LogP contribution in [0.4, 0.5) is 0 Å². The number of nitrogens with zero attached hydrogens (tertiary/aromatic N) is 1. The van der Waals surface area contributed by atoms with Crippen LogP contribution in [0.2, 0.25) is 0 Å². The number of hydrogen-bond acceptors (Lipinski definition) is 4. The van der Waals surface area contributed by atoms with Crippen LogP contribution in [0.3, 0.4) is 0 Å². The third-order valence-corrected chi connectivity index (χ3v) is 3.36. The summed E-state index contributed by atoms with van der Waals surface area (Å²) in [5, 5.41) is 0. The molecule has 19 heavy (non-hydrogen) atoms. The smallest absolute Gasteiger partial charge is 0.157 e. The van der Waals surface area contributed by atoms with Crippen molar-refractivity contribution in [1.29, 1.82) is 0 Å². The van der Waals surface area contributed by atoms with Crippen molar-refractivity contribution in [3.05, 3.63) is 0 Å². The van der Waals surface area contributed by atoms with Crippen LogP contribution in [0.25, 0.3) is 0 Å². The van der Waals surface area contributed by atoms with Gasteiger partial charge in [0, 0.05) is 38.0 Å². The zero-order valence-corrected chi connectivity index (χ0v) is 13.0. The summed E-state index contributed by atoms with van der Waals surface area (Å²) in [5.41, 5.74) is 0. The second kappa shape index (κ2) is 12.2. The molecule has 0 bridgehead atoms. The summed E-state index contributed by atoms with van der Waals surface area (Å²) in [7, 11) is 0. The van der Waals surface area contributed by atoms with Gasteiger partial charge in [-0.2, -0.15) is 0 Å². The quantitative estimate of drug-likeness (QED) is 0.433. The summed E-state index contributed by atoms with van der Waals surface area (Å²) in [6.07, 6.45) is 3.31. The summed E-state index contributed by atoms with van der Waals surface area (Å²) in [4.78, 5) is 2.20. The van der Waals surface area contributed by atoms with E-state index in [9.17, 15) is 0 Å². The van der Waals surface area contributed by atoms with Gasteiger partial charge in [0.1, 0.15) is 0 Å². The van der Waals surface area contributed by atoms with Gasteiger partial charge < -0.3 is 14.2 Å². The molecule has 1 atom stereocenters. The molecule has 1 heterocycles. The van der Waals surface area contributed by atoms with Crippen LogP contribution in [0.15, 0.2) is 0 Å². The molecule has 1 fully saturated rings. The monoisotopic (exact) mass is 313 g/mol. The van der Waals surface area contributed by atoms with E-state index in [0.717, 1.165) is 39.1 Å². The Balaban J connectivity index is 1.91. The Morgan fingerprint density at radius 2 is 1.79 bits per heavy atom. The fraction of sp³-hybridized carbons (Fsp3) is 1.00. The normalized spacial score (nSPS) is 20.1. The van der Waals surface area contributed by atoms with Crippen LogP contribution in [0.5, 0.6) is 0 Å². The molecule has 0 aliphatic carbocycles. The summed E-state index contributed by atoms with van der Waals surface area (Å²) < 4.78 is 16.6. The average molecular weight is 314 g/mol.